The summed E-state index contributed by atoms with van der Waals surface area (Å²) < 4.78 is 16.2. The number of hydrogen-bond donors (Lipinski definition) is 0. The first kappa shape index (κ1) is 10.8. The highest BCUT2D eigenvalue weighted by atomic mass is 19.1. The van der Waals surface area contributed by atoms with Crippen LogP contribution >= 0.6 is 0 Å². The zero-order chi connectivity index (χ0) is 12.0. The predicted molar refractivity (Wildman–Crippen MR) is 62.6 cm³/mol. The van der Waals surface area contributed by atoms with Crippen LogP contribution in [-0.4, -0.2) is 28.5 Å². The van der Waals surface area contributed by atoms with Crippen molar-refractivity contribution in [1.82, 2.24) is 9.47 Å². The third-order valence-corrected chi connectivity index (χ3v) is 3.97. The number of fused-ring (bicyclic) bond motifs is 3. The molecule has 0 radical (unpaired) electrons. The molecule has 1 aromatic rings. The van der Waals surface area contributed by atoms with Crippen molar-refractivity contribution in [1.29, 1.82) is 0 Å². The molecule has 0 fully saturated rings. The highest BCUT2D eigenvalue weighted by Crippen LogP contribution is 2.31. The van der Waals surface area contributed by atoms with Crippen LogP contribution in [0.25, 0.3) is 0 Å². The number of carbonyl (C=O) groups is 1. The van der Waals surface area contributed by atoms with Crippen LogP contribution in [0.4, 0.5) is 4.39 Å². The van der Waals surface area contributed by atoms with Gasteiger partial charge < -0.3 is 9.47 Å². The van der Waals surface area contributed by atoms with Gasteiger partial charge in [0.15, 0.2) is 5.82 Å². The monoisotopic (exact) mass is 236 g/mol. The zero-order valence-electron chi connectivity index (χ0n) is 10.1. The summed E-state index contributed by atoms with van der Waals surface area (Å²) in [5.74, 6) is -0.381. The lowest BCUT2D eigenvalue weighted by Gasteiger charge is -2.28. The number of aromatic nitrogens is 1. The molecule has 1 amide bonds. The second-order valence-corrected chi connectivity index (χ2v) is 4.83. The SMILES string of the molecule is CCN1CCn2c3c(c(F)c2C1=O)CCCC3. The molecule has 0 unspecified atom stereocenters. The van der Waals surface area contributed by atoms with Crippen molar-refractivity contribution in [2.24, 2.45) is 0 Å². The van der Waals surface area contributed by atoms with Gasteiger partial charge in [-0.15, -0.1) is 0 Å². The third-order valence-electron chi connectivity index (χ3n) is 3.97. The van der Waals surface area contributed by atoms with Crippen LogP contribution in [0, 0.1) is 5.82 Å². The maximum absolute atomic E-state index is 14.3. The number of carbonyl (C=O) groups excluding carboxylic acids is 1. The van der Waals surface area contributed by atoms with Crippen LogP contribution in [0.2, 0.25) is 0 Å². The van der Waals surface area contributed by atoms with E-state index in [-0.39, 0.29) is 11.7 Å². The van der Waals surface area contributed by atoms with Gasteiger partial charge in [0.1, 0.15) is 5.69 Å². The molecule has 1 aromatic heterocycles. The third kappa shape index (κ3) is 1.43. The van der Waals surface area contributed by atoms with Gasteiger partial charge in [0.2, 0.25) is 0 Å². The summed E-state index contributed by atoms with van der Waals surface area (Å²) in [6.45, 7) is 4.06. The van der Waals surface area contributed by atoms with Gasteiger partial charge in [-0.3, -0.25) is 4.79 Å². The fourth-order valence-electron chi connectivity index (χ4n) is 3.05. The van der Waals surface area contributed by atoms with Gasteiger partial charge in [0.25, 0.3) is 5.91 Å². The molecule has 4 heteroatoms. The van der Waals surface area contributed by atoms with Crippen molar-refractivity contribution in [3.05, 3.63) is 22.8 Å². The molecule has 1 aliphatic carbocycles. The fraction of sp³-hybridized carbons (Fsp3) is 0.615. The Morgan fingerprint density at radius 1 is 1.24 bits per heavy atom. The molecular weight excluding hydrogens is 219 g/mol. The van der Waals surface area contributed by atoms with E-state index in [4.69, 9.17) is 0 Å². The molecule has 1 aliphatic heterocycles. The summed E-state index contributed by atoms with van der Waals surface area (Å²) in [5.41, 5.74) is 2.19. The van der Waals surface area contributed by atoms with Crippen molar-refractivity contribution in [3.8, 4) is 0 Å². The van der Waals surface area contributed by atoms with E-state index in [2.05, 4.69) is 0 Å². The topological polar surface area (TPSA) is 25.2 Å². The molecule has 0 saturated carbocycles. The summed E-state index contributed by atoms with van der Waals surface area (Å²) in [6.07, 6.45) is 3.87. The predicted octanol–water partition coefficient (Wildman–Crippen LogP) is 1.98. The number of likely N-dealkylation sites (N-methyl/N-ethyl adjacent to an activating group) is 1. The lowest BCUT2D eigenvalue weighted by Crippen LogP contribution is -2.40. The van der Waals surface area contributed by atoms with Crippen LogP contribution in [0.3, 0.4) is 0 Å². The molecule has 17 heavy (non-hydrogen) atoms. The van der Waals surface area contributed by atoms with Gasteiger partial charge in [-0.2, -0.15) is 0 Å². The van der Waals surface area contributed by atoms with Crippen LogP contribution in [0.5, 0.6) is 0 Å². The summed E-state index contributed by atoms with van der Waals surface area (Å²) in [4.78, 5) is 13.9. The number of nitrogens with zero attached hydrogens (tertiary/aromatic N) is 2. The minimum Gasteiger partial charge on any atom is -0.336 e. The first-order valence-corrected chi connectivity index (χ1v) is 6.43. The van der Waals surface area contributed by atoms with Crippen molar-refractivity contribution in [3.63, 3.8) is 0 Å². The molecular formula is C13H17FN2O. The molecule has 2 aliphatic rings. The molecule has 2 heterocycles. The second-order valence-electron chi connectivity index (χ2n) is 4.83. The van der Waals surface area contributed by atoms with E-state index in [1.165, 1.54) is 0 Å². The van der Waals surface area contributed by atoms with Crippen molar-refractivity contribution >= 4 is 5.91 Å². The molecule has 3 nitrogen and oxygen atoms in total. The van der Waals surface area contributed by atoms with Crippen LogP contribution < -0.4 is 0 Å². The van der Waals surface area contributed by atoms with Gasteiger partial charge in [-0.25, -0.2) is 4.39 Å². The van der Waals surface area contributed by atoms with E-state index >= 15 is 0 Å². The molecule has 0 N–H and O–H groups in total. The van der Waals surface area contributed by atoms with Crippen LogP contribution in [-0.2, 0) is 19.4 Å². The zero-order valence-corrected chi connectivity index (χ0v) is 10.1. The van der Waals surface area contributed by atoms with E-state index in [1.54, 1.807) is 4.90 Å². The Hall–Kier alpha value is -1.32. The quantitative estimate of drug-likeness (QED) is 0.732. The van der Waals surface area contributed by atoms with Gasteiger partial charge in [0, 0.05) is 30.9 Å². The Balaban J connectivity index is 2.14. The van der Waals surface area contributed by atoms with Crippen LogP contribution in [0.15, 0.2) is 0 Å². The minimum atomic E-state index is -0.247. The molecule has 0 aromatic carbocycles. The normalized spacial score (nSPS) is 19.2. The molecule has 92 valence electrons. The van der Waals surface area contributed by atoms with Gasteiger partial charge in [0.05, 0.1) is 0 Å². The summed E-state index contributed by atoms with van der Waals surface area (Å²) >= 11 is 0. The Labute approximate surface area is 100 Å². The minimum absolute atomic E-state index is 0.134. The van der Waals surface area contributed by atoms with Crippen molar-refractivity contribution in [2.75, 3.05) is 13.1 Å². The average molecular weight is 236 g/mol. The Morgan fingerprint density at radius 3 is 2.76 bits per heavy atom. The number of amides is 1. The Morgan fingerprint density at radius 2 is 2.00 bits per heavy atom. The Bertz CT molecular complexity index is 478. The van der Waals surface area contributed by atoms with E-state index < -0.39 is 0 Å². The van der Waals surface area contributed by atoms with E-state index in [1.807, 2.05) is 11.5 Å². The smallest absolute Gasteiger partial charge is 0.273 e. The molecule has 0 bridgehead atoms. The summed E-state index contributed by atoms with van der Waals surface area (Å²) in [6, 6.07) is 0. The number of rotatable bonds is 1. The lowest BCUT2D eigenvalue weighted by molar-refractivity contribution is 0.0707. The Kier molecular flexibility index (Phi) is 2.45. The fourth-order valence-corrected chi connectivity index (χ4v) is 3.05. The first-order valence-electron chi connectivity index (χ1n) is 6.43. The average Bonchev–Trinajstić information content (AvgIpc) is 2.65. The highest BCUT2D eigenvalue weighted by molar-refractivity contribution is 5.94. The molecule has 0 atom stereocenters. The van der Waals surface area contributed by atoms with Crippen molar-refractivity contribution < 1.29 is 9.18 Å². The van der Waals surface area contributed by atoms with Gasteiger partial charge in [-0.05, 0) is 32.6 Å². The van der Waals surface area contributed by atoms with Gasteiger partial charge >= 0.3 is 0 Å². The standard InChI is InChI=1S/C13H17FN2O/c1-2-15-7-8-16-10-6-4-3-5-9(10)11(14)12(16)13(15)17/h2-8H2,1H3. The second kappa shape index (κ2) is 3.86. The van der Waals surface area contributed by atoms with E-state index in [0.717, 1.165) is 43.5 Å². The molecule has 3 rings (SSSR count). The number of hydrogen-bond acceptors (Lipinski definition) is 1. The largest absolute Gasteiger partial charge is 0.336 e. The van der Waals surface area contributed by atoms with E-state index in [0.29, 0.717) is 18.8 Å². The lowest BCUT2D eigenvalue weighted by atomic mass is 9.97. The van der Waals surface area contributed by atoms with Crippen LogP contribution in [0.1, 0.15) is 41.5 Å². The maximum Gasteiger partial charge on any atom is 0.273 e. The number of halogens is 1. The highest BCUT2D eigenvalue weighted by Gasteiger charge is 2.33. The van der Waals surface area contributed by atoms with Crippen molar-refractivity contribution in [2.45, 2.75) is 39.2 Å². The molecule has 0 saturated heterocycles. The maximum atomic E-state index is 14.3. The summed E-state index contributed by atoms with van der Waals surface area (Å²) in [7, 11) is 0. The molecule has 0 spiro atoms. The first-order chi connectivity index (χ1) is 8.24. The van der Waals surface area contributed by atoms with Gasteiger partial charge in [-0.1, -0.05) is 0 Å². The summed E-state index contributed by atoms with van der Waals surface area (Å²) in [5, 5.41) is 0. The van der Waals surface area contributed by atoms with E-state index in [9.17, 15) is 9.18 Å².